The molecule has 0 unspecified atom stereocenters. The van der Waals surface area contributed by atoms with Crippen molar-refractivity contribution in [1.29, 1.82) is 0 Å². The van der Waals surface area contributed by atoms with Gasteiger partial charge in [-0.3, -0.25) is 14.3 Å². The number of nitrogens with zero attached hydrogens (tertiary/aromatic N) is 2. The monoisotopic (exact) mass is 264 g/mol. The van der Waals surface area contributed by atoms with E-state index in [2.05, 4.69) is 4.98 Å². The molecule has 0 amide bonds. The summed E-state index contributed by atoms with van der Waals surface area (Å²) in [4.78, 5) is 27.6. The fourth-order valence-corrected chi connectivity index (χ4v) is 1.81. The van der Waals surface area contributed by atoms with E-state index in [-0.39, 0.29) is 12.4 Å². The SMILES string of the molecule is CN(C)Cc1c(N)n(Cc2ccco2)c(=O)[nH]c1=O. The molecule has 0 atom stereocenters. The Kier molecular flexibility index (Phi) is 3.57. The van der Waals surface area contributed by atoms with Gasteiger partial charge < -0.3 is 15.1 Å². The molecule has 3 N–H and O–H groups in total. The Bertz CT molecular complexity index is 667. The van der Waals surface area contributed by atoms with Crippen molar-refractivity contribution in [1.82, 2.24) is 14.5 Å². The van der Waals surface area contributed by atoms with Gasteiger partial charge in [-0.25, -0.2) is 4.79 Å². The fourth-order valence-electron chi connectivity index (χ4n) is 1.81. The smallest absolute Gasteiger partial charge is 0.330 e. The lowest BCUT2D eigenvalue weighted by atomic mass is 10.2. The zero-order valence-corrected chi connectivity index (χ0v) is 10.8. The van der Waals surface area contributed by atoms with Crippen molar-refractivity contribution in [2.75, 3.05) is 19.8 Å². The minimum absolute atomic E-state index is 0.166. The highest BCUT2D eigenvalue weighted by Gasteiger charge is 2.13. The molecule has 102 valence electrons. The molecule has 0 saturated heterocycles. The van der Waals surface area contributed by atoms with Gasteiger partial charge in [-0.1, -0.05) is 0 Å². The van der Waals surface area contributed by atoms with Crippen LogP contribution in [0.3, 0.4) is 0 Å². The van der Waals surface area contributed by atoms with Gasteiger partial charge in [-0.05, 0) is 26.2 Å². The Morgan fingerprint density at radius 3 is 2.74 bits per heavy atom. The molecule has 0 spiro atoms. The average molecular weight is 264 g/mol. The van der Waals surface area contributed by atoms with E-state index < -0.39 is 11.2 Å². The molecule has 0 fully saturated rings. The van der Waals surface area contributed by atoms with Crippen LogP contribution >= 0.6 is 0 Å². The molecule has 0 bridgehead atoms. The molecular weight excluding hydrogens is 248 g/mol. The first-order valence-electron chi connectivity index (χ1n) is 5.77. The maximum absolute atomic E-state index is 11.8. The summed E-state index contributed by atoms with van der Waals surface area (Å²) in [5.41, 5.74) is 5.30. The predicted octanol–water partition coefficient (Wildman–Crippen LogP) is -0.178. The topological polar surface area (TPSA) is 97.3 Å². The van der Waals surface area contributed by atoms with Crippen LogP contribution in [0.5, 0.6) is 0 Å². The van der Waals surface area contributed by atoms with Crippen LogP contribution in [0, 0.1) is 0 Å². The molecule has 7 heteroatoms. The maximum Gasteiger partial charge on any atom is 0.330 e. The van der Waals surface area contributed by atoms with Crippen LogP contribution in [-0.4, -0.2) is 28.5 Å². The highest BCUT2D eigenvalue weighted by molar-refractivity contribution is 5.38. The number of nitrogens with one attached hydrogen (secondary N) is 1. The summed E-state index contributed by atoms with van der Waals surface area (Å²) in [6.45, 7) is 0.550. The average Bonchev–Trinajstić information content (AvgIpc) is 2.82. The molecule has 2 heterocycles. The van der Waals surface area contributed by atoms with Crippen molar-refractivity contribution < 1.29 is 4.42 Å². The van der Waals surface area contributed by atoms with Crippen LogP contribution in [-0.2, 0) is 13.1 Å². The quantitative estimate of drug-likeness (QED) is 0.798. The van der Waals surface area contributed by atoms with Gasteiger partial charge in [-0.2, -0.15) is 0 Å². The van der Waals surface area contributed by atoms with E-state index in [9.17, 15) is 9.59 Å². The molecule has 0 aliphatic heterocycles. The summed E-state index contributed by atoms with van der Waals surface area (Å²) in [7, 11) is 3.64. The van der Waals surface area contributed by atoms with Crippen LogP contribution in [0.1, 0.15) is 11.3 Å². The van der Waals surface area contributed by atoms with Gasteiger partial charge >= 0.3 is 5.69 Å². The summed E-state index contributed by atoms with van der Waals surface area (Å²) in [5, 5.41) is 0. The Hall–Kier alpha value is -2.28. The first-order valence-corrected chi connectivity index (χ1v) is 5.77. The van der Waals surface area contributed by atoms with Gasteiger partial charge in [0, 0.05) is 6.54 Å². The van der Waals surface area contributed by atoms with E-state index in [1.165, 1.54) is 10.8 Å². The standard InChI is InChI=1S/C12H16N4O3/c1-15(2)7-9-10(13)16(12(18)14-11(9)17)6-8-4-3-5-19-8/h3-5H,6-7,13H2,1-2H3,(H,14,17,18). The summed E-state index contributed by atoms with van der Waals surface area (Å²) in [6.07, 6.45) is 1.52. The van der Waals surface area contributed by atoms with E-state index in [0.29, 0.717) is 17.9 Å². The number of nitrogen functional groups attached to an aromatic ring is 1. The predicted molar refractivity (Wildman–Crippen MR) is 70.9 cm³/mol. The molecule has 0 radical (unpaired) electrons. The Morgan fingerprint density at radius 2 is 2.16 bits per heavy atom. The Morgan fingerprint density at radius 1 is 1.42 bits per heavy atom. The summed E-state index contributed by atoms with van der Waals surface area (Å²) < 4.78 is 6.47. The van der Waals surface area contributed by atoms with Crippen LogP contribution in [0.25, 0.3) is 0 Å². The van der Waals surface area contributed by atoms with Crippen molar-refractivity contribution >= 4 is 5.82 Å². The van der Waals surface area contributed by atoms with Gasteiger partial charge in [0.1, 0.15) is 11.6 Å². The molecular formula is C12H16N4O3. The van der Waals surface area contributed by atoms with Crippen LogP contribution in [0.2, 0.25) is 0 Å². The van der Waals surface area contributed by atoms with E-state index >= 15 is 0 Å². The molecule has 2 aromatic heterocycles. The maximum atomic E-state index is 11.8. The summed E-state index contributed by atoms with van der Waals surface area (Å²) in [5.74, 6) is 0.760. The fraction of sp³-hybridized carbons (Fsp3) is 0.333. The number of hydrogen-bond acceptors (Lipinski definition) is 5. The molecule has 2 aromatic rings. The molecule has 19 heavy (non-hydrogen) atoms. The lowest BCUT2D eigenvalue weighted by Gasteiger charge is -2.14. The number of nitrogens with two attached hydrogens (primary N) is 1. The van der Waals surface area contributed by atoms with Gasteiger partial charge in [0.25, 0.3) is 5.56 Å². The lowest BCUT2D eigenvalue weighted by molar-refractivity contribution is 0.398. The first kappa shape index (κ1) is 13.2. The third-order valence-corrected chi connectivity index (χ3v) is 2.71. The zero-order chi connectivity index (χ0) is 14.0. The normalized spacial score (nSPS) is 11.1. The van der Waals surface area contributed by atoms with Gasteiger partial charge in [0.05, 0.1) is 18.4 Å². The third-order valence-electron chi connectivity index (χ3n) is 2.71. The lowest BCUT2D eigenvalue weighted by Crippen LogP contribution is -2.36. The van der Waals surface area contributed by atoms with Crippen LogP contribution < -0.4 is 17.0 Å². The number of rotatable bonds is 4. The molecule has 0 aliphatic carbocycles. The minimum atomic E-state index is -0.540. The minimum Gasteiger partial charge on any atom is -0.467 e. The summed E-state index contributed by atoms with van der Waals surface area (Å²) >= 11 is 0. The highest BCUT2D eigenvalue weighted by Crippen LogP contribution is 2.09. The van der Waals surface area contributed by atoms with E-state index in [1.807, 2.05) is 19.0 Å². The Balaban J connectivity index is 2.49. The molecule has 2 rings (SSSR count). The third kappa shape index (κ3) is 2.76. The molecule has 0 aromatic carbocycles. The second kappa shape index (κ2) is 5.15. The number of H-pyrrole nitrogens is 1. The summed E-state index contributed by atoms with van der Waals surface area (Å²) in [6, 6.07) is 3.46. The van der Waals surface area contributed by atoms with Crippen molar-refractivity contribution in [2.24, 2.45) is 0 Å². The first-order chi connectivity index (χ1) is 8.99. The number of hydrogen-bond donors (Lipinski definition) is 2. The highest BCUT2D eigenvalue weighted by atomic mass is 16.3. The largest absolute Gasteiger partial charge is 0.467 e. The second-order valence-corrected chi connectivity index (χ2v) is 4.53. The van der Waals surface area contributed by atoms with E-state index in [4.69, 9.17) is 10.2 Å². The number of anilines is 1. The molecule has 0 aliphatic rings. The number of aromatic amines is 1. The number of furan rings is 1. The van der Waals surface area contributed by atoms with E-state index in [0.717, 1.165) is 0 Å². The van der Waals surface area contributed by atoms with Crippen molar-refractivity contribution in [2.45, 2.75) is 13.1 Å². The van der Waals surface area contributed by atoms with Crippen molar-refractivity contribution in [3.63, 3.8) is 0 Å². The molecule has 0 saturated carbocycles. The van der Waals surface area contributed by atoms with E-state index in [1.54, 1.807) is 12.1 Å². The second-order valence-electron chi connectivity index (χ2n) is 4.53. The van der Waals surface area contributed by atoms with Gasteiger partial charge in [0.2, 0.25) is 0 Å². The van der Waals surface area contributed by atoms with Gasteiger partial charge in [0.15, 0.2) is 0 Å². The van der Waals surface area contributed by atoms with Gasteiger partial charge in [-0.15, -0.1) is 0 Å². The van der Waals surface area contributed by atoms with Crippen molar-refractivity contribution in [3.8, 4) is 0 Å². The molecule has 7 nitrogen and oxygen atoms in total. The van der Waals surface area contributed by atoms with Crippen LogP contribution in [0.15, 0.2) is 32.4 Å². The Labute approximate surface area is 109 Å². The van der Waals surface area contributed by atoms with Crippen molar-refractivity contribution in [3.05, 3.63) is 50.6 Å². The number of aromatic nitrogens is 2. The zero-order valence-electron chi connectivity index (χ0n) is 10.8. The van der Waals surface area contributed by atoms with Crippen LogP contribution in [0.4, 0.5) is 5.82 Å².